The highest BCUT2D eigenvalue weighted by atomic mass is 19.2. The smallest absolute Gasteiger partial charge is 0.342 e. The number of aromatic amines is 1. The van der Waals surface area contributed by atoms with Gasteiger partial charge in [0.1, 0.15) is 0 Å². The Morgan fingerprint density at radius 2 is 1.88 bits per heavy atom. The lowest BCUT2D eigenvalue weighted by atomic mass is 9.83. The number of carbonyl (C=O) groups is 2. The number of nitrogens with one attached hydrogen (secondary N) is 1. The first kappa shape index (κ1) is 23.4. The fraction of sp³-hybridized carbons (Fsp3) is 0.320. The van der Waals surface area contributed by atoms with Gasteiger partial charge in [-0.25, -0.2) is 18.6 Å². The number of hydrogen-bond acceptors (Lipinski definition) is 5. The first-order valence-electron chi connectivity index (χ1n) is 10.8. The molecule has 0 spiro atoms. The van der Waals surface area contributed by atoms with Crippen LogP contribution < -0.4 is 4.74 Å². The Kier molecular flexibility index (Phi) is 5.89. The molecule has 0 aliphatic carbocycles. The molecule has 2 aromatic heterocycles. The normalized spacial score (nSPS) is 15.1. The molecule has 0 unspecified atom stereocenters. The summed E-state index contributed by atoms with van der Waals surface area (Å²) >= 11 is 0. The Morgan fingerprint density at radius 3 is 2.53 bits per heavy atom. The van der Waals surface area contributed by atoms with Crippen LogP contribution in [0.25, 0.3) is 16.6 Å². The van der Waals surface area contributed by atoms with Gasteiger partial charge in [-0.2, -0.15) is 0 Å². The van der Waals surface area contributed by atoms with Crippen molar-refractivity contribution in [3.8, 4) is 5.88 Å². The van der Waals surface area contributed by atoms with E-state index in [-0.39, 0.29) is 17.7 Å². The van der Waals surface area contributed by atoms with E-state index in [1.54, 1.807) is 19.9 Å². The van der Waals surface area contributed by atoms with Gasteiger partial charge >= 0.3 is 5.97 Å². The molecule has 7 nitrogen and oxygen atoms in total. The van der Waals surface area contributed by atoms with Crippen LogP contribution in [0.15, 0.2) is 36.5 Å². The van der Waals surface area contributed by atoms with E-state index < -0.39 is 35.0 Å². The third-order valence-corrected chi connectivity index (χ3v) is 5.61. The minimum absolute atomic E-state index is 0.0438. The van der Waals surface area contributed by atoms with E-state index in [9.17, 15) is 18.4 Å². The number of esters is 1. The van der Waals surface area contributed by atoms with Crippen LogP contribution in [0.2, 0.25) is 0 Å². The van der Waals surface area contributed by atoms with Gasteiger partial charge in [0.05, 0.1) is 35.5 Å². The molecule has 1 aromatic carbocycles. The number of carbonyl (C=O) groups excluding carboxylic acids is 2. The molecule has 1 aliphatic heterocycles. The number of aromatic nitrogens is 2. The molecule has 9 heteroatoms. The summed E-state index contributed by atoms with van der Waals surface area (Å²) in [7, 11) is 1.51. The van der Waals surface area contributed by atoms with Crippen molar-refractivity contribution in [3.05, 3.63) is 65.0 Å². The average molecular weight is 469 g/mol. The van der Waals surface area contributed by atoms with Crippen molar-refractivity contribution in [2.45, 2.75) is 39.2 Å². The molecule has 3 aromatic rings. The van der Waals surface area contributed by atoms with Crippen molar-refractivity contribution in [2.24, 2.45) is 0 Å². The SMILES string of the molecule is COc1ccc2[nH]c3c(c2n1)C(C)(C)CN(C(=O)c1ccc(F)c(F)c1)C=C3C(=O)OC(C)C. The van der Waals surface area contributed by atoms with Crippen molar-refractivity contribution >= 4 is 28.5 Å². The van der Waals surface area contributed by atoms with Crippen LogP contribution in [0.1, 0.15) is 49.3 Å². The van der Waals surface area contributed by atoms with Crippen LogP contribution in [0.3, 0.4) is 0 Å². The Morgan fingerprint density at radius 1 is 1.15 bits per heavy atom. The summed E-state index contributed by atoms with van der Waals surface area (Å²) in [5.74, 6) is -2.99. The number of amides is 1. The van der Waals surface area contributed by atoms with Gasteiger partial charge in [0.2, 0.25) is 5.88 Å². The van der Waals surface area contributed by atoms with E-state index >= 15 is 0 Å². The minimum Gasteiger partial charge on any atom is -0.481 e. The monoisotopic (exact) mass is 469 g/mol. The molecule has 0 atom stereocenters. The van der Waals surface area contributed by atoms with Crippen LogP contribution >= 0.6 is 0 Å². The van der Waals surface area contributed by atoms with Crippen LogP contribution in [0, 0.1) is 11.6 Å². The molecule has 0 fully saturated rings. The number of halogens is 2. The van der Waals surface area contributed by atoms with Crippen molar-refractivity contribution in [1.29, 1.82) is 0 Å². The quantitative estimate of drug-likeness (QED) is 0.566. The number of pyridine rings is 1. The summed E-state index contributed by atoms with van der Waals surface area (Å²) in [6.45, 7) is 7.42. The molecule has 178 valence electrons. The Balaban J connectivity index is 1.91. The fourth-order valence-corrected chi connectivity index (χ4v) is 4.15. The van der Waals surface area contributed by atoms with Crippen LogP contribution in [-0.2, 0) is 14.9 Å². The van der Waals surface area contributed by atoms with Gasteiger partial charge in [-0.15, -0.1) is 0 Å². The van der Waals surface area contributed by atoms with Crippen molar-refractivity contribution in [2.75, 3.05) is 13.7 Å². The molecule has 0 radical (unpaired) electrons. The standard InChI is InChI=1S/C25H25F2N3O4/c1-13(2)34-24(32)15-11-30(23(31)14-6-7-16(26)17(27)10-14)12-25(3,4)20-21(15)28-18-8-9-19(33-5)29-22(18)20/h6-11,13,28H,12H2,1-5H3. The molecular formula is C25H25F2N3O4. The molecular weight excluding hydrogens is 444 g/mol. The zero-order valence-corrected chi connectivity index (χ0v) is 19.5. The number of nitrogens with zero attached hydrogens (tertiary/aromatic N) is 2. The summed E-state index contributed by atoms with van der Waals surface area (Å²) in [6.07, 6.45) is 1.00. The Hall–Kier alpha value is -3.75. The molecule has 1 amide bonds. The molecule has 0 bridgehead atoms. The van der Waals surface area contributed by atoms with Gasteiger partial charge in [-0.05, 0) is 38.1 Å². The van der Waals surface area contributed by atoms with Gasteiger partial charge < -0.3 is 19.4 Å². The van der Waals surface area contributed by atoms with Crippen molar-refractivity contribution < 1.29 is 27.8 Å². The van der Waals surface area contributed by atoms with E-state index in [0.29, 0.717) is 28.2 Å². The first-order valence-corrected chi connectivity index (χ1v) is 10.8. The summed E-state index contributed by atoms with van der Waals surface area (Å²) < 4.78 is 38.0. The number of methoxy groups -OCH3 is 1. The third-order valence-electron chi connectivity index (χ3n) is 5.61. The van der Waals surface area contributed by atoms with E-state index in [1.165, 1.54) is 24.3 Å². The van der Waals surface area contributed by atoms with Crippen LogP contribution in [-0.4, -0.2) is 46.5 Å². The molecule has 34 heavy (non-hydrogen) atoms. The molecule has 0 saturated heterocycles. The summed E-state index contributed by atoms with van der Waals surface area (Å²) in [5.41, 5.74) is 1.88. The number of rotatable bonds is 4. The first-order chi connectivity index (χ1) is 16.0. The maximum absolute atomic E-state index is 13.8. The average Bonchev–Trinajstić information content (AvgIpc) is 3.11. The van der Waals surface area contributed by atoms with Gasteiger partial charge in [0, 0.05) is 35.4 Å². The zero-order chi connectivity index (χ0) is 24.8. The maximum Gasteiger partial charge on any atom is 0.342 e. The molecule has 0 saturated carbocycles. The second kappa shape index (κ2) is 8.55. The number of hydrogen-bond donors (Lipinski definition) is 1. The predicted octanol–water partition coefficient (Wildman–Crippen LogP) is 4.58. The summed E-state index contributed by atoms with van der Waals surface area (Å²) in [6, 6.07) is 6.47. The van der Waals surface area contributed by atoms with Gasteiger partial charge in [-0.1, -0.05) is 13.8 Å². The maximum atomic E-state index is 13.8. The minimum atomic E-state index is -1.13. The van der Waals surface area contributed by atoms with Crippen LogP contribution in [0.5, 0.6) is 5.88 Å². The number of H-pyrrole nitrogens is 1. The molecule has 1 N–H and O–H groups in total. The van der Waals surface area contributed by atoms with E-state index in [1.807, 2.05) is 19.9 Å². The Bertz CT molecular complexity index is 1330. The van der Waals surface area contributed by atoms with Gasteiger partial charge in [0.25, 0.3) is 5.91 Å². The lowest BCUT2D eigenvalue weighted by molar-refractivity contribution is -0.140. The van der Waals surface area contributed by atoms with E-state index in [0.717, 1.165) is 12.1 Å². The van der Waals surface area contributed by atoms with Gasteiger partial charge in [0.15, 0.2) is 11.6 Å². The lowest BCUT2D eigenvalue weighted by Gasteiger charge is -2.29. The number of fused-ring (bicyclic) bond motifs is 3. The second-order valence-corrected chi connectivity index (χ2v) is 9.07. The second-order valence-electron chi connectivity index (χ2n) is 9.07. The summed E-state index contributed by atoms with van der Waals surface area (Å²) in [4.78, 5) is 35.6. The van der Waals surface area contributed by atoms with Crippen LogP contribution in [0.4, 0.5) is 8.78 Å². The topological polar surface area (TPSA) is 84.5 Å². The largest absolute Gasteiger partial charge is 0.481 e. The van der Waals surface area contributed by atoms with E-state index in [4.69, 9.17) is 9.47 Å². The molecule has 3 heterocycles. The van der Waals surface area contributed by atoms with Crippen molar-refractivity contribution in [3.63, 3.8) is 0 Å². The number of benzene rings is 1. The van der Waals surface area contributed by atoms with Crippen molar-refractivity contribution in [1.82, 2.24) is 14.9 Å². The highest BCUT2D eigenvalue weighted by molar-refractivity contribution is 6.18. The highest BCUT2D eigenvalue weighted by Crippen LogP contribution is 2.40. The fourth-order valence-electron chi connectivity index (χ4n) is 4.15. The zero-order valence-electron chi connectivity index (χ0n) is 19.5. The van der Waals surface area contributed by atoms with Gasteiger partial charge in [-0.3, -0.25) is 4.79 Å². The predicted molar refractivity (Wildman–Crippen MR) is 122 cm³/mol. The highest BCUT2D eigenvalue weighted by Gasteiger charge is 2.38. The lowest BCUT2D eigenvalue weighted by Crippen LogP contribution is -2.37. The van der Waals surface area contributed by atoms with E-state index in [2.05, 4.69) is 9.97 Å². The Labute approximate surface area is 195 Å². The number of ether oxygens (including phenoxy) is 2. The summed E-state index contributed by atoms with van der Waals surface area (Å²) in [5, 5.41) is 0. The third kappa shape index (κ3) is 4.13. The molecule has 4 rings (SSSR count). The molecule has 1 aliphatic rings.